The average molecular weight is 383 g/mol. The number of nitrogens with zero attached hydrogens (tertiary/aromatic N) is 3. The van der Waals surface area contributed by atoms with E-state index < -0.39 is 23.5 Å². The molecule has 27 heavy (non-hydrogen) atoms. The van der Waals surface area contributed by atoms with Crippen molar-refractivity contribution < 1.29 is 22.4 Å². The minimum Gasteiger partial charge on any atom is -0.336 e. The van der Waals surface area contributed by atoms with Gasteiger partial charge in [0.2, 0.25) is 0 Å². The van der Waals surface area contributed by atoms with Crippen LogP contribution in [0.5, 0.6) is 0 Å². The Morgan fingerprint density at radius 2 is 1.85 bits per heavy atom. The van der Waals surface area contributed by atoms with Crippen LogP contribution in [0.25, 0.3) is 0 Å². The van der Waals surface area contributed by atoms with Gasteiger partial charge in [0, 0.05) is 31.4 Å². The Balaban J connectivity index is 2.07. The molecule has 1 heterocycles. The van der Waals surface area contributed by atoms with Crippen LogP contribution in [0, 0.1) is 12.7 Å². The minimum absolute atomic E-state index is 0.0389. The molecule has 0 fully saturated rings. The molecule has 4 nitrogen and oxygen atoms in total. The number of halogens is 4. The highest BCUT2D eigenvalue weighted by molar-refractivity contribution is 5.96. The van der Waals surface area contributed by atoms with Crippen molar-refractivity contribution in [2.75, 3.05) is 6.54 Å². The molecule has 8 heteroatoms. The number of hydrogen-bond donors (Lipinski definition) is 0. The molecule has 0 spiro atoms. The molecule has 0 aliphatic heterocycles. The van der Waals surface area contributed by atoms with Gasteiger partial charge in [0.1, 0.15) is 11.6 Å². The van der Waals surface area contributed by atoms with Crippen LogP contribution in [0.3, 0.4) is 0 Å². The van der Waals surface area contributed by atoms with Gasteiger partial charge < -0.3 is 4.90 Å². The Kier molecular flexibility index (Phi) is 6.51. The van der Waals surface area contributed by atoms with Crippen molar-refractivity contribution in [3.8, 4) is 0 Å². The molecule has 0 radical (unpaired) electrons. The van der Waals surface area contributed by atoms with Crippen LogP contribution in [-0.2, 0) is 12.6 Å². The van der Waals surface area contributed by atoms with Gasteiger partial charge in [-0.05, 0) is 38.8 Å². The zero-order chi connectivity index (χ0) is 20.2. The van der Waals surface area contributed by atoms with Crippen molar-refractivity contribution in [3.05, 3.63) is 58.9 Å². The fourth-order valence-electron chi connectivity index (χ4n) is 2.83. The van der Waals surface area contributed by atoms with E-state index in [4.69, 9.17) is 0 Å². The Hall–Kier alpha value is -2.51. The Morgan fingerprint density at radius 3 is 2.37 bits per heavy atom. The molecule has 1 atom stereocenters. The van der Waals surface area contributed by atoms with Crippen molar-refractivity contribution in [2.45, 2.75) is 45.8 Å². The monoisotopic (exact) mass is 383 g/mol. The fourth-order valence-corrected chi connectivity index (χ4v) is 2.83. The molecule has 1 amide bonds. The highest BCUT2D eigenvalue weighted by atomic mass is 19.4. The van der Waals surface area contributed by atoms with Gasteiger partial charge in [0.05, 0.1) is 11.1 Å². The molecule has 0 aliphatic carbocycles. The van der Waals surface area contributed by atoms with Crippen LogP contribution >= 0.6 is 0 Å². The van der Waals surface area contributed by atoms with Gasteiger partial charge in [-0.1, -0.05) is 12.1 Å². The molecule has 146 valence electrons. The molecule has 0 saturated heterocycles. The standard InChI is InChI=1S/C19H21F4N3O/c1-4-26(18(27)17-12(2)6-5-7-15(17)20)13(3)8-9-16-24-10-14(11-25-16)19(21,22)23/h5-7,10-11,13H,4,8-9H2,1-3H3/t13-/m0/s1. The zero-order valence-corrected chi connectivity index (χ0v) is 15.3. The number of rotatable bonds is 6. The predicted molar refractivity (Wildman–Crippen MR) is 92.7 cm³/mol. The zero-order valence-electron chi connectivity index (χ0n) is 15.3. The second-order valence-electron chi connectivity index (χ2n) is 6.30. The van der Waals surface area contributed by atoms with E-state index in [2.05, 4.69) is 9.97 Å². The second-order valence-corrected chi connectivity index (χ2v) is 6.30. The summed E-state index contributed by atoms with van der Waals surface area (Å²) in [6, 6.07) is 4.20. The lowest BCUT2D eigenvalue weighted by Gasteiger charge is -2.28. The van der Waals surface area contributed by atoms with Crippen LogP contribution in [0.1, 0.15) is 47.6 Å². The Labute approximate surface area is 155 Å². The topological polar surface area (TPSA) is 46.1 Å². The van der Waals surface area contributed by atoms with Gasteiger partial charge in [-0.3, -0.25) is 4.79 Å². The average Bonchev–Trinajstić information content (AvgIpc) is 2.60. The van der Waals surface area contributed by atoms with Crippen molar-refractivity contribution in [1.82, 2.24) is 14.9 Å². The number of aromatic nitrogens is 2. The first-order valence-corrected chi connectivity index (χ1v) is 8.59. The first kappa shape index (κ1) is 20.8. The van der Waals surface area contributed by atoms with Crippen LogP contribution in [-0.4, -0.2) is 33.4 Å². The number of amides is 1. The predicted octanol–water partition coefficient (Wildman–Crippen LogP) is 4.43. The normalized spacial score (nSPS) is 12.7. The SMILES string of the molecule is CCN(C(=O)c1c(C)cccc1F)[C@@H](C)CCc1ncc(C(F)(F)F)cn1. The molecular formula is C19H21F4N3O. The van der Waals surface area contributed by atoms with Gasteiger partial charge in [0.15, 0.2) is 0 Å². The summed E-state index contributed by atoms with van der Waals surface area (Å²) in [7, 11) is 0. The lowest BCUT2D eigenvalue weighted by Crippen LogP contribution is -2.39. The summed E-state index contributed by atoms with van der Waals surface area (Å²) in [5, 5.41) is 0. The second kappa shape index (κ2) is 8.45. The summed E-state index contributed by atoms with van der Waals surface area (Å²) in [5.74, 6) is -0.717. The third kappa shape index (κ3) is 5.02. The molecule has 0 N–H and O–H groups in total. The fraction of sp³-hybridized carbons (Fsp3) is 0.421. The Morgan fingerprint density at radius 1 is 1.22 bits per heavy atom. The van der Waals surface area contributed by atoms with Crippen molar-refractivity contribution in [1.29, 1.82) is 0 Å². The molecule has 2 aromatic rings. The van der Waals surface area contributed by atoms with Gasteiger partial charge in [-0.25, -0.2) is 14.4 Å². The van der Waals surface area contributed by atoms with Crippen LogP contribution in [0.4, 0.5) is 17.6 Å². The maximum atomic E-state index is 14.1. The highest BCUT2D eigenvalue weighted by Gasteiger charge is 2.31. The number of benzene rings is 1. The van der Waals surface area contributed by atoms with E-state index in [-0.39, 0.29) is 17.4 Å². The molecule has 1 aromatic heterocycles. The molecule has 1 aromatic carbocycles. The van der Waals surface area contributed by atoms with Crippen molar-refractivity contribution in [3.63, 3.8) is 0 Å². The lowest BCUT2D eigenvalue weighted by atomic mass is 10.0. The first-order chi connectivity index (χ1) is 12.6. The smallest absolute Gasteiger partial charge is 0.336 e. The van der Waals surface area contributed by atoms with E-state index in [0.29, 0.717) is 24.9 Å². The number of carbonyl (C=O) groups is 1. The minimum atomic E-state index is -4.48. The van der Waals surface area contributed by atoms with Crippen LogP contribution < -0.4 is 0 Å². The van der Waals surface area contributed by atoms with Crippen molar-refractivity contribution in [2.24, 2.45) is 0 Å². The Bertz CT molecular complexity index is 770. The van der Waals surface area contributed by atoms with E-state index in [0.717, 1.165) is 12.4 Å². The molecule has 0 bridgehead atoms. The maximum absolute atomic E-state index is 14.1. The number of carbonyl (C=O) groups excluding carboxylic acids is 1. The van der Waals surface area contributed by atoms with E-state index in [1.165, 1.54) is 11.0 Å². The molecule has 2 rings (SSSR count). The molecular weight excluding hydrogens is 362 g/mol. The summed E-state index contributed by atoms with van der Waals surface area (Å²) in [5.41, 5.74) is -0.312. The van der Waals surface area contributed by atoms with E-state index in [1.54, 1.807) is 26.0 Å². The largest absolute Gasteiger partial charge is 0.419 e. The van der Waals surface area contributed by atoms with Gasteiger partial charge in [-0.15, -0.1) is 0 Å². The maximum Gasteiger partial charge on any atom is 0.419 e. The van der Waals surface area contributed by atoms with Gasteiger partial charge in [0.25, 0.3) is 5.91 Å². The van der Waals surface area contributed by atoms with Gasteiger partial charge >= 0.3 is 6.18 Å². The number of alkyl halides is 3. The van der Waals surface area contributed by atoms with Crippen molar-refractivity contribution >= 4 is 5.91 Å². The highest BCUT2D eigenvalue weighted by Crippen LogP contribution is 2.27. The third-order valence-electron chi connectivity index (χ3n) is 4.39. The van der Waals surface area contributed by atoms with Gasteiger partial charge in [-0.2, -0.15) is 13.2 Å². The van der Waals surface area contributed by atoms with E-state index in [1.807, 2.05) is 6.92 Å². The summed E-state index contributed by atoms with van der Waals surface area (Å²) in [6.07, 6.45) is -2.23. The molecule has 0 unspecified atom stereocenters. The summed E-state index contributed by atoms with van der Waals surface area (Å²) in [6.45, 7) is 5.65. The summed E-state index contributed by atoms with van der Waals surface area (Å²) < 4.78 is 51.7. The first-order valence-electron chi connectivity index (χ1n) is 8.59. The van der Waals surface area contributed by atoms with Crippen LogP contribution in [0.2, 0.25) is 0 Å². The quantitative estimate of drug-likeness (QED) is 0.694. The summed E-state index contributed by atoms with van der Waals surface area (Å²) in [4.78, 5) is 21.8. The molecule has 0 aliphatic rings. The lowest BCUT2D eigenvalue weighted by molar-refractivity contribution is -0.138. The molecule has 0 saturated carbocycles. The van der Waals surface area contributed by atoms with E-state index >= 15 is 0 Å². The number of hydrogen-bond acceptors (Lipinski definition) is 3. The number of aryl methyl sites for hydroxylation is 2. The van der Waals surface area contributed by atoms with E-state index in [9.17, 15) is 22.4 Å². The summed E-state index contributed by atoms with van der Waals surface area (Å²) >= 11 is 0. The third-order valence-corrected chi connectivity index (χ3v) is 4.39. The van der Waals surface area contributed by atoms with Crippen LogP contribution in [0.15, 0.2) is 30.6 Å².